The summed E-state index contributed by atoms with van der Waals surface area (Å²) in [5, 5.41) is 3.93. The molecule has 2 nitrogen and oxygen atoms in total. The Morgan fingerprint density at radius 2 is 1.80 bits per heavy atom. The number of rotatable bonds is 9. The van der Waals surface area contributed by atoms with Crippen LogP contribution in [-0.2, 0) is 13.0 Å². The summed E-state index contributed by atoms with van der Waals surface area (Å²) >= 11 is 0. The summed E-state index contributed by atoms with van der Waals surface area (Å²) in [4.78, 5) is 0. The van der Waals surface area contributed by atoms with Crippen molar-refractivity contribution in [2.24, 2.45) is 13.0 Å². The van der Waals surface area contributed by atoms with E-state index in [0.717, 1.165) is 43.8 Å². The first-order valence-corrected chi connectivity index (χ1v) is 9.08. The maximum atomic E-state index is 13.4. The minimum Gasteiger partial charge on any atom is -0.268 e. The molecule has 140 valence electrons. The van der Waals surface area contributed by atoms with Crippen molar-refractivity contribution in [1.29, 1.82) is 0 Å². The molecule has 0 aromatic carbocycles. The van der Waals surface area contributed by atoms with Crippen molar-refractivity contribution in [1.82, 2.24) is 9.78 Å². The minimum atomic E-state index is -2.93. The first-order chi connectivity index (χ1) is 11.6. The van der Waals surface area contributed by atoms with E-state index in [2.05, 4.69) is 32.4 Å². The zero-order chi connectivity index (χ0) is 19.2. The van der Waals surface area contributed by atoms with Crippen molar-refractivity contribution in [3.8, 4) is 0 Å². The van der Waals surface area contributed by atoms with Crippen molar-refractivity contribution in [2.45, 2.75) is 66.2 Å². The largest absolute Gasteiger partial charge is 0.288 e. The van der Waals surface area contributed by atoms with Gasteiger partial charge >= 0.3 is 0 Å². The van der Waals surface area contributed by atoms with E-state index >= 15 is 0 Å². The molecule has 0 fully saturated rings. The first kappa shape index (κ1) is 21.3. The second kappa shape index (κ2) is 9.12. The lowest BCUT2D eigenvalue weighted by Crippen LogP contribution is -2.08. The van der Waals surface area contributed by atoms with Crippen LogP contribution in [-0.4, -0.2) is 9.78 Å². The Morgan fingerprint density at radius 1 is 1.24 bits per heavy atom. The molecular weight excluding hydrogens is 318 g/mol. The van der Waals surface area contributed by atoms with E-state index in [1.165, 1.54) is 16.3 Å². The highest BCUT2D eigenvalue weighted by atomic mass is 19.3. The van der Waals surface area contributed by atoms with Gasteiger partial charge in [0.05, 0.1) is 5.69 Å². The van der Waals surface area contributed by atoms with Crippen molar-refractivity contribution in [3.05, 3.63) is 47.3 Å². The second-order valence-electron chi connectivity index (χ2n) is 6.93. The molecule has 0 unspecified atom stereocenters. The number of aromatic nitrogens is 2. The number of nitrogens with zero attached hydrogens (tertiary/aromatic N) is 2. The van der Waals surface area contributed by atoms with E-state index in [9.17, 15) is 8.78 Å². The van der Waals surface area contributed by atoms with Crippen LogP contribution >= 0.6 is 0 Å². The highest BCUT2D eigenvalue weighted by Crippen LogP contribution is 2.29. The summed E-state index contributed by atoms with van der Waals surface area (Å²) in [5.41, 5.74) is 3.73. The highest BCUT2D eigenvalue weighted by Gasteiger charge is 2.28. The van der Waals surface area contributed by atoms with Crippen LogP contribution in [0.15, 0.2) is 35.9 Å². The molecule has 1 rings (SSSR count). The van der Waals surface area contributed by atoms with Gasteiger partial charge in [-0.3, -0.25) is 4.68 Å². The van der Waals surface area contributed by atoms with Gasteiger partial charge in [-0.15, -0.1) is 0 Å². The fraction of sp³-hybridized carbons (Fsp3) is 0.571. The molecule has 0 aliphatic carbocycles. The Kier molecular flexibility index (Phi) is 7.78. The Morgan fingerprint density at radius 3 is 2.24 bits per heavy atom. The Balaban J connectivity index is 3.00. The maximum Gasteiger partial charge on any atom is 0.288 e. The van der Waals surface area contributed by atoms with Gasteiger partial charge in [-0.1, -0.05) is 45.4 Å². The smallest absolute Gasteiger partial charge is 0.268 e. The Bertz CT molecular complexity index is 639. The van der Waals surface area contributed by atoms with Crippen molar-refractivity contribution >= 4 is 5.57 Å². The number of aryl methyl sites for hydroxylation is 1. The molecule has 0 aliphatic rings. The summed E-state index contributed by atoms with van der Waals surface area (Å²) in [6, 6.07) is 1.46. The quantitative estimate of drug-likeness (QED) is 0.456. The minimum absolute atomic E-state index is 0.200. The second-order valence-corrected chi connectivity index (χ2v) is 6.93. The van der Waals surface area contributed by atoms with Crippen LogP contribution < -0.4 is 0 Å². The molecule has 0 N–H and O–H groups in total. The molecule has 1 aromatic heterocycles. The zero-order valence-electron chi connectivity index (χ0n) is 16.5. The van der Waals surface area contributed by atoms with Crippen molar-refractivity contribution in [3.63, 3.8) is 0 Å². The van der Waals surface area contributed by atoms with E-state index in [0.29, 0.717) is 11.6 Å². The predicted molar refractivity (Wildman–Crippen MR) is 103 cm³/mol. The monoisotopic (exact) mass is 350 g/mol. The topological polar surface area (TPSA) is 17.8 Å². The number of allylic oxidation sites excluding steroid dienone is 5. The van der Waals surface area contributed by atoms with Gasteiger partial charge in [0, 0.05) is 14.0 Å². The van der Waals surface area contributed by atoms with Crippen molar-refractivity contribution in [2.75, 3.05) is 0 Å². The first-order valence-electron chi connectivity index (χ1n) is 9.08. The van der Waals surface area contributed by atoms with Crippen LogP contribution in [0.4, 0.5) is 8.78 Å². The van der Waals surface area contributed by atoms with Crippen LogP contribution in [0.5, 0.6) is 0 Å². The number of halogens is 2. The lowest BCUT2D eigenvalue weighted by molar-refractivity contribution is 0.0122. The lowest BCUT2D eigenvalue weighted by atomic mass is 9.87. The molecule has 25 heavy (non-hydrogen) atoms. The van der Waals surface area contributed by atoms with Crippen LogP contribution in [0, 0.1) is 5.92 Å². The molecule has 1 aromatic rings. The molecule has 0 bridgehead atoms. The van der Waals surface area contributed by atoms with Gasteiger partial charge in [0.1, 0.15) is 5.69 Å². The van der Waals surface area contributed by atoms with E-state index in [1.54, 1.807) is 7.05 Å². The fourth-order valence-corrected chi connectivity index (χ4v) is 3.00. The molecule has 0 atom stereocenters. The summed E-state index contributed by atoms with van der Waals surface area (Å²) in [7, 11) is 1.69. The van der Waals surface area contributed by atoms with Crippen LogP contribution in [0.3, 0.4) is 0 Å². The molecule has 0 saturated heterocycles. The van der Waals surface area contributed by atoms with Gasteiger partial charge in [-0.2, -0.15) is 13.9 Å². The molecule has 0 aliphatic heterocycles. The van der Waals surface area contributed by atoms with Gasteiger partial charge in [0.15, 0.2) is 0 Å². The fourth-order valence-electron chi connectivity index (χ4n) is 3.00. The van der Waals surface area contributed by atoms with E-state index in [4.69, 9.17) is 0 Å². The van der Waals surface area contributed by atoms with E-state index in [-0.39, 0.29) is 5.69 Å². The predicted octanol–water partition coefficient (Wildman–Crippen LogP) is 6.65. The molecule has 0 saturated carbocycles. The summed E-state index contributed by atoms with van der Waals surface area (Å²) in [6.45, 7) is 13.5. The van der Waals surface area contributed by atoms with Gasteiger partial charge in [0.25, 0.3) is 5.92 Å². The van der Waals surface area contributed by atoms with Crippen LogP contribution in [0.2, 0.25) is 0 Å². The van der Waals surface area contributed by atoms with E-state index in [1.807, 2.05) is 19.1 Å². The third kappa shape index (κ3) is 5.94. The molecule has 0 radical (unpaired) electrons. The van der Waals surface area contributed by atoms with Gasteiger partial charge in [-0.25, -0.2) is 0 Å². The third-order valence-electron chi connectivity index (χ3n) is 4.59. The van der Waals surface area contributed by atoms with Crippen molar-refractivity contribution < 1.29 is 8.78 Å². The third-order valence-corrected chi connectivity index (χ3v) is 4.59. The SMILES string of the molecule is C=C(/C(C)=C\C=C(/C)c1cc(C(C)(F)F)nn1C)C(CCC)CCC. The lowest BCUT2D eigenvalue weighted by Gasteiger charge is -2.19. The molecule has 0 amide bonds. The number of alkyl halides is 2. The summed E-state index contributed by atoms with van der Waals surface area (Å²) < 4.78 is 28.4. The summed E-state index contributed by atoms with van der Waals surface area (Å²) in [6.07, 6.45) is 8.59. The van der Waals surface area contributed by atoms with Crippen LogP contribution in [0.1, 0.15) is 71.7 Å². The molecule has 0 spiro atoms. The average molecular weight is 350 g/mol. The summed E-state index contributed by atoms with van der Waals surface area (Å²) in [5.74, 6) is -2.41. The number of hydrogen-bond donors (Lipinski definition) is 0. The van der Waals surface area contributed by atoms with Crippen LogP contribution in [0.25, 0.3) is 5.57 Å². The molecular formula is C21H32F2N2. The van der Waals surface area contributed by atoms with E-state index < -0.39 is 5.92 Å². The standard InChI is InChI=1S/C21H32F2N2/c1-8-10-18(11-9-2)17(5)15(3)12-13-16(4)19-14-20(21(6,22)23)24-25(19)7/h12-14,18H,5,8-11H2,1-4,6-7H3/b15-12-,16-13+. The Hall–Kier alpha value is -1.71. The van der Waals surface area contributed by atoms with Gasteiger partial charge in [0.2, 0.25) is 0 Å². The van der Waals surface area contributed by atoms with Gasteiger partial charge in [-0.05, 0) is 55.4 Å². The maximum absolute atomic E-state index is 13.4. The molecule has 1 heterocycles. The molecule has 4 heteroatoms. The van der Waals surface area contributed by atoms with Gasteiger partial charge < -0.3 is 0 Å². The number of hydrogen-bond acceptors (Lipinski definition) is 1. The Labute approximate surface area is 151 Å². The highest BCUT2D eigenvalue weighted by molar-refractivity contribution is 5.63. The normalized spacial score (nSPS) is 13.6. The average Bonchev–Trinajstić information content (AvgIpc) is 2.93. The zero-order valence-corrected chi connectivity index (χ0v) is 16.5.